The highest BCUT2D eigenvalue weighted by Gasteiger charge is 2.81. The molecule has 9 atom stereocenters. The number of carboxylic acid groups (broad SMARTS) is 3. The van der Waals surface area contributed by atoms with Gasteiger partial charge in [-0.05, 0) is 56.3 Å². The van der Waals surface area contributed by atoms with E-state index < -0.39 is 70.1 Å². The van der Waals surface area contributed by atoms with Crippen molar-refractivity contribution in [3.8, 4) is 0 Å². The summed E-state index contributed by atoms with van der Waals surface area (Å²) in [5.41, 5.74) is -3.92. The quantitative estimate of drug-likeness (QED) is 0.332. The monoisotopic (exact) mass is 478 g/mol. The largest absolute Gasteiger partial charge is 0.481 e. The van der Waals surface area contributed by atoms with Crippen LogP contribution in [0.3, 0.4) is 0 Å². The predicted molar refractivity (Wildman–Crippen MR) is 117 cm³/mol. The summed E-state index contributed by atoms with van der Waals surface area (Å²) in [6.45, 7) is 9.03. The predicted octanol–water partition coefficient (Wildman–Crippen LogP) is 2.56. The summed E-state index contributed by atoms with van der Waals surface area (Å²) in [5, 5.41) is 42.4. The highest BCUT2D eigenvalue weighted by Crippen LogP contribution is 2.78. The molecule has 0 heterocycles. The number of rotatable bonds is 6. The second kappa shape index (κ2) is 7.80. The molecule has 9 nitrogen and oxygen atoms in total. The molecule has 0 saturated heterocycles. The topological polar surface area (TPSA) is 158 Å². The summed E-state index contributed by atoms with van der Waals surface area (Å²) in [7, 11) is 0. The Kier molecular flexibility index (Phi) is 5.66. The van der Waals surface area contributed by atoms with Crippen LogP contribution >= 0.6 is 0 Å². The molecule has 2 bridgehead atoms. The number of fused-ring (bicyclic) bond motifs is 3. The SMILES string of the molecule is C=C1C[C@]23C[C@H]1[C@@H](O)C[C@H]2[C@]1(C(=O)O)CC[C@H](OC(=O)CC(C)C)[C@@](C)(C(=O)O)[C@H]1[C@@H]3C(=O)O. The number of aliphatic hydroxyl groups is 1. The van der Waals surface area contributed by atoms with Crippen LogP contribution in [0.4, 0.5) is 0 Å². The molecule has 0 aromatic carbocycles. The van der Waals surface area contributed by atoms with Gasteiger partial charge in [-0.15, -0.1) is 0 Å². The fraction of sp³-hybridized carbons (Fsp3) is 0.760. The summed E-state index contributed by atoms with van der Waals surface area (Å²) in [5.74, 6) is -8.12. The molecule has 34 heavy (non-hydrogen) atoms. The number of hydrogen-bond acceptors (Lipinski definition) is 6. The summed E-state index contributed by atoms with van der Waals surface area (Å²) in [4.78, 5) is 51.3. The molecular formula is C25H34O9. The third-order valence-corrected chi connectivity index (χ3v) is 9.55. The molecule has 4 saturated carbocycles. The van der Waals surface area contributed by atoms with Crippen LogP contribution in [0.1, 0.15) is 59.3 Å². The molecule has 0 amide bonds. The van der Waals surface area contributed by atoms with Crippen molar-refractivity contribution >= 4 is 23.9 Å². The molecule has 4 N–H and O–H groups in total. The van der Waals surface area contributed by atoms with Crippen LogP contribution in [0.25, 0.3) is 0 Å². The van der Waals surface area contributed by atoms with E-state index >= 15 is 0 Å². The fourth-order valence-electron chi connectivity index (χ4n) is 8.37. The normalized spacial score (nSPS) is 44.9. The van der Waals surface area contributed by atoms with Crippen molar-refractivity contribution in [1.82, 2.24) is 0 Å². The molecule has 4 aliphatic rings. The summed E-state index contributed by atoms with van der Waals surface area (Å²) < 4.78 is 5.64. The first-order valence-corrected chi connectivity index (χ1v) is 12.0. The molecule has 0 unspecified atom stereocenters. The average Bonchev–Trinajstić information content (AvgIpc) is 3.14. The van der Waals surface area contributed by atoms with E-state index in [1.807, 2.05) is 13.8 Å². The van der Waals surface area contributed by atoms with Gasteiger partial charge in [0.25, 0.3) is 0 Å². The van der Waals surface area contributed by atoms with Gasteiger partial charge in [-0.3, -0.25) is 19.2 Å². The second-order valence-electron chi connectivity index (χ2n) is 11.6. The van der Waals surface area contributed by atoms with Crippen molar-refractivity contribution in [3.05, 3.63) is 12.2 Å². The van der Waals surface area contributed by atoms with Gasteiger partial charge in [-0.25, -0.2) is 0 Å². The Morgan fingerprint density at radius 1 is 1.15 bits per heavy atom. The average molecular weight is 479 g/mol. The first-order chi connectivity index (χ1) is 15.7. The number of hydrogen-bond donors (Lipinski definition) is 4. The van der Waals surface area contributed by atoms with Crippen molar-refractivity contribution in [2.24, 2.45) is 45.8 Å². The third-order valence-electron chi connectivity index (χ3n) is 9.55. The lowest BCUT2D eigenvalue weighted by atomic mass is 9.51. The molecule has 0 aliphatic heterocycles. The lowest BCUT2D eigenvalue weighted by molar-refractivity contribution is -0.200. The van der Waals surface area contributed by atoms with Crippen LogP contribution in [-0.2, 0) is 23.9 Å². The van der Waals surface area contributed by atoms with E-state index in [1.165, 1.54) is 6.92 Å². The number of esters is 1. The van der Waals surface area contributed by atoms with Gasteiger partial charge in [-0.1, -0.05) is 26.0 Å². The zero-order chi connectivity index (χ0) is 25.4. The molecule has 9 heteroatoms. The molecule has 188 valence electrons. The van der Waals surface area contributed by atoms with E-state index in [1.54, 1.807) is 0 Å². The first-order valence-electron chi connectivity index (χ1n) is 12.0. The van der Waals surface area contributed by atoms with E-state index in [2.05, 4.69) is 6.58 Å². The van der Waals surface area contributed by atoms with Gasteiger partial charge < -0.3 is 25.2 Å². The molecule has 4 rings (SSSR count). The fourth-order valence-corrected chi connectivity index (χ4v) is 8.37. The Balaban J connectivity index is 1.91. The standard InChI is InChI=1S/C25H34O9/c1-11(2)7-17(27)34-16-5-6-25(22(32)33)15-8-14(26)13-10-24(15,9-12(13)3)18(20(28)29)19(25)23(16,4)21(30)31/h11,13-16,18-19,26H,3,5-10H2,1-2,4H3,(H,28,29)(H,30,31)(H,32,33)/t13-,14+,15-,16+,18-,19-,23-,24+,25-/m1/s1. The van der Waals surface area contributed by atoms with Gasteiger partial charge >= 0.3 is 23.9 Å². The minimum Gasteiger partial charge on any atom is -0.481 e. The van der Waals surface area contributed by atoms with Crippen LogP contribution in [-0.4, -0.2) is 56.5 Å². The maximum absolute atomic E-state index is 13.0. The van der Waals surface area contributed by atoms with Gasteiger partial charge in [0.1, 0.15) is 11.5 Å². The van der Waals surface area contributed by atoms with E-state index in [0.717, 1.165) is 0 Å². The molecular weight excluding hydrogens is 444 g/mol. The van der Waals surface area contributed by atoms with E-state index in [9.17, 15) is 39.6 Å². The molecule has 4 fully saturated rings. The zero-order valence-corrected chi connectivity index (χ0v) is 19.8. The summed E-state index contributed by atoms with van der Waals surface area (Å²) in [6, 6.07) is 0. The minimum absolute atomic E-state index is 0.00513. The molecule has 1 spiro atoms. The lowest BCUT2D eigenvalue weighted by Crippen LogP contribution is -2.61. The number of carbonyl (C=O) groups excluding carboxylic acids is 1. The highest BCUT2D eigenvalue weighted by atomic mass is 16.5. The van der Waals surface area contributed by atoms with E-state index in [4.69, 9.17) is 4.74 Å². The summed E-state index contributed by atoms with van der Waals surface area (Å²) in [6.07, 6.45) is -1.35. The van der Waals surface area contributed by atoms with Gasteiger partial charge in [0.05, 0.1) is 17.4 Å². The van der Waals surface area contributed by atoms with Crippen molar-refractivity contribution in [2.45, 2.75) is 71.5 Å². The van der Waals surface area contributed by atoms with E-state index in [0.29, 0.717) is 5.57 Å². The van der Waals surface area contributed by atoms with Crippen LogP contribution in [0.5, 0.6) is 0 Å². The Morgan fingerprint density at radius 3 is 2.32 bits per heavy atom. The number of ether oxygens (including phenoxy) is 1. The van der Waals surface area contributed by atoms with E-state index in [-0.39, 0.29) is 50.4 Å². The van der Waals surface area contributed by atoms with Gasteiger partial charge in [0.2, 0.25) is 0 Å². The number of carboxylic acids is 3. The van der Waals surface area contributed by atoms with Gasteiger partial charge in [0.15, 0.2) is 0 Å². The zero-order valence-electron chi connectivity index (χ0n) is 19.8. The first kappa shape index (κ1) is 24.7. The Hall–Kier alpha value is -2.42. The lowest BCUT2D eigenvalue weighted by Gasteiger charge is -2.52. The van der Waals surface area contributed by atoms with Crippen molar-refractivity contribution in [2.75, 3.05) is 0 Å². The maximum atomic E-state index is 13.0. The van der Waals surface area contributed by atoms with Crippen LogP contribution < -0.4 is 0 Å². The Bertz CT molecular complexity index is 956. The smallest absolute Gasteiger partial charge is 0.313 e. The molecule has 0 aromatic heterocycles. The van der Waals surface area contributed by atoms with Crippen LogP contribution in [0.15, 0.2) is 12.2 Å². The maximum Gasteiger partial charge on any atom is 0.313 e. The van der Waals surface area contributed by atoms with Gasteiger partial charge in [-0.2, -0.15) is 0 Å². The van der Waals surface area contributed by atoms with Crippen molar-refractivity contribution in [1.29, 1.82) is 0 Å². The minimum atomic E-state index is -1.93. The second-order valence-corrected chi connectivity index (χ2v) is 11.6. The number of carbonyl (C=O) groups is 4. The molecule has 0 radical (unpaired) electrons. The van der Waals surface area contributed by atoms with Crippen LogP contribution in [0, 0.1) is 45.8 Å². The van der Waals surface area contributed by atoms with Crippen molar-refractivity contribution in [3.63, 3.8) is 0 Å². The Labute approximate surface area is 198 Å². The van der Waals surface area contributed by atoms with Crippen molar-refractivity contribution < 1.29 is 44.3 Å². The number of aliphatic carboxylic acids is 3. The number of aliphatic hydroxyl groups excluding tert-OH is 1. The van der Waals surface area contributed by atoms with Gasteiger partial charge in [0, 0.05) is 18.3 Å². The highest BCUT2D eigenvalue weighted by molar-refractivity contribution is 5.86. The van der Waals surface area contributed by atoms with Crippen LogP contribution in [0.2, 0.25) is 0 Å². The third kappa shape index (κ3) is 3.01. The molecule has 4 aliphatic carbocycles. The molecule has 0 aromatic rings. The Morgan fingerprint density at radius 2 is 1.79 bits per heavy atom. The summed E-state index contributed by atoms with van der Waals surface area (Å²) >= 11 is 0.